The van der Waals surface area contributed by atoms with E-state index in [1.165, 1.54) is 0 Å². The van der Waals surface area contributed by atoms with E-state index < -0.39 is 0 Å². The number of benzene rings is 3. The first kappa shape index (κ1) is 20.5. The number of carbonyl (C=O) groups is 1. The van der Waals surface area contributed by atoms with Crippen molar-refractivity contribution in [3.63, 3.8) is 0 Å². The topological polar surface area (TPSA) is 107 Å². The second-order valence-electron chi connectivity index (χ2n) is 7.69. The Morgan fingerprint density at radius 3 is 2.70 bits per heavy atom. The van der Waals surface area contributed by atoms with Crippen LogP contribution in [0.5, 0.6) is 5.75 Å². The van der Waals surface area contributed by atoms with Crippen LogP contribution in [-0.4, -0.2) is 39.8 Å². The van der Waals surface area contributed by atoms with Crippen LogP contribution in [0.1, 0.15) is 11.4 Å². The first-order chi connectivity index (χ1) is 16.0. The number of nitrogens with zero attached hydrogens (tertiary/aromatic N) is 4. The molecule has 1 amide bonds. The van der Waals surface area contributed by atoms with Gasteiger partial charge < -0.3 is 19.8 Å². The second kappa shape index (κ2) is 8.27. The highest BCUT2D eigenvalue weighted by Gasteiger charge is 2.14. The van der Waals surface area contributed by atoms with Crippen LogP contribution >= 0.6 is 0 Å². The van der Waals surface area contributed by atoms with E-state index in [4.69, 9.17) is 9.15 Å². The Balaban J connectivity index is 1.34. The third kappa shape index (κ3) is 3.84. The van der Waals surface area contributed by atoms with Crippen LogP contribution < -0.4 is 15.4 Å². The minimum Gasteiger partial charge on any atom is -0.495 e. The summed E-state index contributed by atoms with van der Waals surface area (Å²) in [7, 11) is 1.58. The van der Waals surface area contributed by atoms with Gasteiger partial charge >= 0.3 is 0 Å². The van der Waals surface area contributed by atoms with Gasteiger partial charge in [0.1, 0.15) is 16.9 Å². The van der Waals surface area contributed by atoms with Crippen molar-refractivity contribution in [2.45, 2.75) is 13.8 Å². The summed E-state index contributed by atoms with van der Waals surface area (Å²) >= 11 is 0. The van der Waals surface area contributed by atoms with E-state index in [0.29, 0.717) is 22.8 Å². The minimum atomic E-state index is -0.218. The number of nitrogens with one attached hydrogen (secondary N) is 2. The summed E-state index contributed by atoms with van der Waals surface area (Å²) in [6, 6.07) is 17.2. The lowest BCUT2D eigenvalue weighted by molar-refractivity contribution is -0.114. The number of aryl methyl sites for hydroxylation is 2. The molecule has 166 valence electrons. The summed E-state index contributed by atoms with van der Waals surface area (Å²) in [5.74, 6) is 1.03. The average Bonchev–Trinajstić information content (AvgIpc) is 3.40. The summed E-state index contributed by atoms with van der Waals surface area (Å²) in [6.07, 6.45) is 0. The number of tetrazole rings is 1. The standard InChI is InChI=1S/C24H22N6O3/c1-14-8-9-16(10-20(14)30-15(2)27-28-29-30)25-13-24(31)26-19-12-22-18(11-23(19)32-3)17-6-4-5-7-21(17)33-22/h4-12,25H,13H2,1-3H3,(H,26,31). The molecule has 2 heterocycles. The van der Waals surface area contributed by atoms with Gasteiger partial charge in [-0.05, 0) is 54.1 Å². The lowest BCUT2D eigenvalue weighted by Gasteiger charge is -2.13. The highest BCUT2D eigenvalue weighted by molar-refractivity contribution is 6.08. The summed E-state index contributed by atoms with van der Waals surface area (Å²) < 4.78 is 13.1. The van der Waals surface area contributed by atoms with Crippen LogP contribution in [0, 0.1) is 13.8 Å². The van der Waals surface area contributed by atoms with Crippen molar-refractivity contribution in [3.05, 3.63) is 66.0 Å². The molecule has 2 N–H and O–H groups in total. The summed E-state index contributed by atoms with van der Waals surface area (Å²) in [5.41, 5.74) is 4.65. The number of para-hydroxylation sites is 1. The van der Waals surface area contributed by atoms with Crippen molar-refractivity contribution in [2.75, 3.05) is 24.3 Å². The second-order valence-corrected chi connectivity index (χ2v) is 7.69. The number of anilines is 2. The zero-order chi connectivity index (χ0) is 22.9. The Hall–Kier alpha value is -4.40. The number of carbonyl (C=O) groups excluding carboxylic acids is 1. The highest BCUT2D eigenvalue weighted by atomic mass is 16.5. The summed E-state index contributed by atoms with van der Waals surface area (Å²) in [6.45, 7) is 3.88. The molecule has 5 rings (SSSR count). The Labute approximate surface area is 189 Å². The normalized spacial score (nSPS) is 11.1. The van der Waals surface area contributed by atoms with Crippen molar-refractivity contribution in [3.8, 4) is 11.4 Å². The molecule has 0 aliphatic rings. The lowest BCUT2D eigenvalue weighted by Crippen LogP contribution is -2.22. The summed E-state index contributed by atoms with van der Waals surface area (Å²) in [5, 5.41) is 19.7. The van der Waals surface area contributed by atoms with E-state index in [0.717, 1.165) is 33.3 Å². The number of rotatable bonds is 6. The molecule has 0 saturated carbocycles. The Morgan fingerprint density at radius 2 is 1.91 bits per heavy atom. The highest BCUT2D eigenvalue weighted by Crippen LogP contribution is 2.36. The molecule has 0 fully saturated rings. The monoisotopic (exact) mass is 442 g/mol. The van der Waals surface area contributed by atoms with Gasteiger partial charge in [0.25, 0.3) is 0 Å². The van der Waals surface area contributed by atoms with E-state index in [2.05, 4.69) is 26.2 Å². The predicted molar refractivity (Wildman–Crippen MR) is 126 cm³/mol. The fourth-order valence-electron chi connectivity index (χ4n) is 3.80. The zero-order valence-electron chi connectivity index (χ0n) is 18.4. The molecule has 33 heavy (non-hydrogen) atoms. The fourth-order valence-corrected chi connectivity index (χ4v) is 3.80. The molecular weight excluding hydrogens is 420 g/mol. The number of methoxy groups -OCH3 is 1. The van der Waals surface area contributed by atoms with Gasteiger partial charge in [-0.1, -0.05) is 24.3 Å². The van der Waals surface area contributed by atoms with E-state index in [1.54, 1.807) is 17.9 Å². The number of furan rings is 1. The van der Waals surface area contributed by atoms with Gasteiger partial charge in [0.2, 0.25) is 5.91 Å². The molecule has 9 nitrogen and oxygen atoms in total. The molecule has 0 unspecified atom stereocenters. The van der Waals surface area contributed by atoms with Crippen LogP contribution in [0.4, 0.5) is 11.4 Å². The first-order valence-electron chi connectivity index (χ1n) is 10.4. The number of hydrogen-bond acceptors (Lipinski definition) is 7. The van der Waals surface area contributed by atoms with Gasteiger partial charge in [-0.15, -0.1) is 5.10 Å². The van der Waals surface area contributed by atoms with Crippen molar-refractivity contribution in [2.24, 2.45) is 0 Å². The number of fused-ring (bicyclic) bond motifs is 3. The number of aromatic nitrogens is 4. The van der Waals surface area contributed by atoms with Crippen molar-refractivity contribution in [1.82, 2.24) is 20.2 Å². The van der Waals surface area contributed by atoms with E-state index in [-0.39, 0.29) is 12.5 Å². The minimum absolute atomic E-state index is 0.0679. The van der Waals surface area contributed by atoms with Gasteiger partial charge in [0.15, 0.2) is 5.82 Å². The molecule has 3 aromatic carbocycles. The maximum Gasteiger partial charge on any atom is 0.243 e. The van der Waals surface area contributed by atoms with E-state index in [9.17, 15) is 4.79 Å². The third-order valence-electron chi connectivity index (χ3n) is 5.49. The maximum absolute atomic E-state index is 12.7. The number of hydrogen-bond donors (Lipinski definition) is 2. The van der Waals surface area contributed by atoms with Gasteiger partial charge in [0.05, 0.1) is 25.0 Å². The maximum atomic E-state index is 12.7. The van der Waals surface area contributed by atoms with Crippen LogP contribution in [-0.2, 0) is 4.79 Å². The third-order valence-corrected chi connectivity index (χ3v) is 5.49. The number of ether oxygens (including phenoxy) is 1. The molecular formula is C24H22N6O3. The smallest absolute Gasteiger partial charge is 0.243 e. The van der Waals surface area contributed by atoms with Crippen LogP contribution in [0.3, 0.4) is 0 Å². The van der Waals surface area contributed by atoms with Crippen molar-refractivity contribution >= 4 is 39.2 Å². The molecule has 5 aromatic rings. The molecule has 0 aliphatic carbocycles. The van der Waals surface area contributed by atoms with Crippen LogP contribution in [0.25, 0.3) is 27.6 Å². The lowest BCUT2D eigenvalue weighted by atomic mass is 10.1. The van der Waals surface area contributed by atoms with Crippen molar-refractivity contribution < 1.29 is 13.9 Å². The fraction of sp³-hybridized carbons (Fsp3) is 0.167. The predicted octanol–water partition coefficient (Wildman–Crippen LogP) is 4.24. The molecule has 2 aromatic heterocycles. The average molecular weight is 442 g/mol. The van der Waals surface area contributed by atoms with Gasteiger partial charge in [-0.2, -0.15) is 4.68 Å². The van der Waals surface area contributed by atoms with Crippen molar-refractivity contribution in [1.29, 1.82) is 0 Å². The molecule has 0 spiro atoms. The quantitative estimate of drug-likeness (QED) is 0.405. The van der Waals surface area contributed by atoms with E-state index >= 15 is 0 Å². The Bertz CT molecular complexity index is 1490. The van der Waals surface area contributed by atoms with Gasteiger partial charge in [0, 0.05) is 22.5 Å². The van der Waals surface area contributed by atoms with Gasteiger partial charge in [-0.3, -0.25) is 4.79 Å². The van der Waals surface area contributed by atoms with Crippen LogP contribution in [0.2, 0.25) is 0 Å². The Kier molecular flexibility index (Phi) is 5.14. The molecule has 0 radical (unpaired) electrons. The van der Waals surface area contributed by atoms with Gasteiger partial charge in [-0.25, -0.2) is 0 Å². The largest absolute Gasteiger partial charge is 0.495 e. The zero-order valence-corrected chi connectivity index (χ0v) is 18.4. The molecule has 0 saturated heterocycles. The van der Waals surface area contributed by atoms with E-state index in [1.807, 2.05) is 62.4 Å². The molecule has 0 atom stereocenters. The first-order valence-corrected chi connectivity index (χ1v) is 10.4. The SMILES string of the molecule is COc1cc2c(cc1NC(=O)CNc1ccc(C)c(-n3nnnc3C)c1)oc1ccccc12. The molecule has 9 heteroatoms. The molecule has 0 bridgehead atoms. The van der Waals surface area contributed by atoms with Crippen LogP contribution in [0.15, 0.2) is 59.0 Å². The molecule has 0 aliphatic heterocycles. The summed E-state index contributed by atoms with van der Waals surface area (Å²) in [4.78, 5) is 12.7. The number of amides is 1. The Morgan fingerprint density at radius 1 is 1.06 bits per heavy atom.